The Kier molecular flexibility index (Phi) is 4.53. The predicted molar refractivity (Wildman–Crippen MR) is 69.3 cm³/mol. The summed E-state index contributed by atoms with van der Waals surface area (Å²) in [6.45, 7) is 2.11. The van der Waals surface area contributed by atoms with Gasteiger partial charge in [0, 0.05) is 11.0 Å². The highest BCUT2D eigenvalue weighted by Crippen LogP contribution is 2.23. The van der Waals surface area contributed by atoms with E-state index in [1.54, 1.807) is 13.0 Å². The number of amides is 1. The molecule has 0 aliphatic rings. The number of sulfone groups is 1. The number of hydrogen-bond acceptors (Lipinski definition) is 4. The third-order valence-corrected chi connectivity index (χ3v) is 4.18. The summed E-state index contributed by atoms with van der Waals surface area (Å²) < 4.78 is 24.5. The van der Waals surface area contributed by atoms with Crippen molar-refractivity contribution in [3.05, 3.63) is 22.7 Å². The third kappa shape index (κ3) is 3.71. The summed E-state index contributed by atoms with van der Waals surface area (Å²) in [5.74, 6) is -1.12. The van der Waals surface area contributed by atoms with E-state index >= 15 is 0 Å². The van der Waals surface area contributed by atoms with Crippen LogP contribution in [0, 0.1) is 0 Å². The third-order valence-electron chi connectivity index (χ3n) is 2.00. The molecule has 0 spiro atoms. The van der Waals surface area contributed by atoms with Gasteiger partial charge in [0.25, 0.3) is 0 Å². The second-order valence-electron chi connectivity index (χ2n) is 3.39. The molecule has 0 aromatic heterocycles. The molecule has 0 unspecified atom stereocenters. The first-order valence-electron chi connectivity index (χ1n) is 4.91. The first kappa shape index (κ1) is 14.0. The van der Waals surface area contributed by atoms with Crippen molar-refractivity contribution < 1.29 is 13.2 Å². The fraction of sp³-hybridized carbons (Fsp3) is 0.300. The predicted octanol–water partition coefficient (Wildman–Crippen LogP) is 0.941. The largest absolute Gasteiger partial charge is 0.398 e. The molecule has 7 heteroatoms. The molecule has 3 N–H and O–H groups in total. The smallest absolute Gasteiger partial charge is 0.235 e. The van der Waals surface area contributed by atoms with Crippen LogP contribution >= 0.6 is 15.9 Å². The summed E-state index contributed by atoms with van der Waals surface area (Å²) in [6.07, 6.45) is 0. The van der Waals surface area contributed by atoms with Gasteiger partial charge in [0.1, 0.15) is 5.75 Å². The molecule has 94 valence electrons. The van der Waals surface area contributed by atoms with Crippen LogP contribution in [0.2, 0.25) is 0 Å². The van der Waals surface area contributed by atoms with Gasteiger partial charge in [-0.1, -0.05) is 15.9 Å². The fourth-order valence-corrected chi connectivity index (χ4v) is 2.98. The quantitative estimate of drug-likeness (QED) is 0.808. The zero-order valence-electron chi connectivity index (χ0n) is 9.23. The lowest BCUT2D eigenvalue weighted by Gasteiger charge is -2.07. The lowest BCUT2D eigenvalue weighted by atomic mass is 10.3. The van der Waals surface area contributed by atoms with Gasteiger partial charge in [0.05, 0.1) is 10.6 Å². The van der Waals surface area contributed by atoms with Crippen molar-refractivity contribution in [2.75, 3.05) is 18.0 Å². The molecule has 5 nitrogen and oxygen atoms in total. The van der Waals surface area contributed by atoms with Crippen molar-refractivity contribution in [2.45, 2.75) is 11.8 Å². The molecular weight excluding hydrogens is 308 g/mol. The summed E-state index contributed by atoms with van der Waals surface area (Å²) >= 11 is 3.18. The average molecular weight is 321 g/mol. The number of carbonyl (C=O) groups is 1. The second-order valence-corrected chi connectivity index (χ2v) is 6.27. The zero-order valence-corrected chi connectivity index (χ0v) is 11.6. The van der Waals surface area contributed by atoms with Crippen LogP contribution in [0.15, 0.2) is 27.6 Å². The molecule has 1 aromatic rings. The summed E-state index contributed by atoms with van der Waals surface area (Å²) in [4.78, 5) is 11.2. The highest BCUT2D eigenvalue weighted by atomic mass is 79.9. The van der Waals surface area contributed by atoms with E-state index in [9.17, 15) is 13.2 Å². The van der Waals surface area contributed by atoms with E-state index in [-0.39, 0.29) is 10.6 Å². The molecule has 1 amide bonds. The van der Waals surface area contributed by atoms with Crippen molar-refractivity contribution in [1.29, 1.82) is 0 Å². The van der Waals surface area contributed by atoms with E-state index in [4.69, 9.17) is 5.73 Å². The molecule has 0 heterocycles. The standard InChI is InChI=1S/C10H13BrN2O3S/c1-2-13-10(14)6-17(15,16)9-4-3-7(11)5-8(9)12/h3-5H,2,6,12H2,1H3,(H,13,14). The first-order valence-corrected chi connectivity index (χ1v) is 7.36. The van der Waals surface area contributed by atoms with E-state index in [1.807, 2.05) is 0 Å². The SMILES string of the molecule is CCNC(=O)CS(=O)(=O)c1ccc(Br)cc1N. The molecule has 0 saturated heterocycles. The average Bonchev–Trinajstić information content (AvgIpc) is 2.15. The van der Waals surface area contributed by atoms with Crippen molar-refractivity contribution in [3.63, 3.8) is 0 Å². The van der Waals surface area contributed by atoms with E-state index < -0.39 is 21.5 Å². The fourth-order valence-electron chi connectivity index (χ4n) is 1.30. The first-order chi connectivity index (χ1) is 7.86. The molecule has 0 fully saturated rings. The molecule has 0 radical (unpaired) electrons. The maximum absolute atomic E-state index is 11.9. The zero-order chi connectivity index (χ0) is 13.1. The Morgan fingerprint density at radius 3 is 2.65 bits per heavy atom. The highest BCUT2D eigenvalue weighted by molar-refractivity contribution is 9.10. The minimum absolute atomic E-state index is 0.0213. The monoisotopic (exact) mass is 320 g/mol. The molecule has 1 rings (SSSR count). The van der Waals surface area contributed by atoms with Crippen LogP contribution < -0.4 is 11.1 Å². The van der Waals surface area contributed by atoms with Crippen LogP contribution in [0.3, 0.4) is 0 Å². The van der Waals surface area contributed by atoms with Gasteiger partial charge in [-0.05, 0) is 25.1 Å². The van der Waals surface area contributed by atoms with Crippen LogP contribution in [0.5, 0.6) is 0 Å². The van der Waals surface area contributed by atoms with Gasteiger partial charge in [0.15, 0.2) is 9.84 Å². The topological polar surface area (TPSA) is 89.3 Å². The van der Waals surface area contributed by atoms with Crippen molar-refractivity contribution in [2.24, 2.45) is 0 Å². The number of nitrogens with one attached hydrogen (secondary N) is 1. The normalized spacial score (nSPS) is 11.2. The van der Waals surface area contributed by atoms with Crippen LogP contribution in [-0.4, -0.2) is 26.6 Å². The number of rotatable bonds is 4. The maximum atomic E-state index is 11.9. The van der Waals surface area contributed by atoms with Crippen molar-refractivity contribution in [1.82, 2.24) is 5.32 Å². The van der Waals surface area contributed by atoms with E-state index in [1.165, 1.54) is 12.1 Å². The van der Waals surface area contributed by atoms with E-state index in [0.717, 1.165) is 0 Å². The number of carbonyl (C=O) groups excluding carboxylic acids is 1. The van der Waals surface area contributed by atoms with Gasteiger partial charge in [-0.15, -0.1) is 0 Å². The highest BCUT2D eigenvalue weighted by Gasteiger charge is 2.21. The van der Waals surface area contributed by atoms with Crippen molar-refractivity contribution >= 4 is 37.4 Å². The summed E-state index contributed by atoms with van der Waals surface area (Å²) in [5, 5.41) is 2.43. The Morgan fingerprint density at radius 2 is 2.12 bits per heavy atom. The number of benzene rings is 1. The van der Waals surface area contributed by atoms with Gasteiger partial charge in [-0.2, -0.15) is 0 Å². The molecule has 0 aliphatic carbocycles. The second kappa shape index (κ2) is 5.50. The summed E-state index contributed by atoms with van der Waals surface area (Å²) in [5.41, 5.74) is 5.74. The van der Waals surface area contributed by atoms with Gasteiger partial charge in [0.2, 0.25) is 5.91 Å². The molecule has 0 aliphatic heterocycles. The number of nitrogens with two attached hydrogens (primary N) is 1. The Balaban J connectivity index is 3.01. The summed E-state index contributed by atoms with van der Waals surface area (Å²) in [6, 6.07) is 4.44. The van der Waals surface area contributed by atoms with Crippen LogP contribution in [0.1, 0.15) is 6.92 Å². The van der Waals surface area contributed by atoms with Crippen molar-refractivity contribution in [3.8, 4) is 0 Å². The van der Waals surface area contributed by atoms with Crippen LogP contribution in [-0.2, 0) is 14.6 Å². The Labute approximate surface area is 108 Å². The number of nitrogen functional groups attached to an aromatic ring is 1. The van der Waals surface area contributed by atoms with Crippen LogP contribution in [0.25, 0.3) is 0 Å². The Morgan fingerprint density at radius 1 is 1.47 bits per heavy atom. The van der Waals surface area contributed by atoms with Gasteiger partial charge in [-0.3, -0.25) is 4.79 Å². The number of anilines is 1. The maximum Gasteiger partial charge on any atom is 0.235 e. The van der Waals surface area contributed by atoms with Crippen LogP contribution in [0.4, 0.5) is 5.69 Å². The number of halogens is 1. The Bertz CT molecular complexity index is 528. The summed E-state index contributed by atoms with van der Waals surface area (Å²) in [7, 11) is -3.69. The van der Waals surface area contributed by atoms with E-state index in [0.29, 0.717) is 11.0 Å². The van der Waals surface area contributed by atoms with E-state index in [2.05, 4.69) is 21.2 Å². The van der Waals surface area contributed by atoms with Gasteiger partial charge < -0.3 is 11.1 Å². The lowest BCUT2D eigenvalue weighted by Crippen LogP contribution is -2.30. The molecular formula is C10H13BrN2O3S. The Hall–Kier alpha value is -1.08. The molecule has 0 saturated carbocycles. The molecule has 0 bridgehead atoms. The minimum atomic E-state index is -3.69. The lowest BCUT2D eigenvalue weighted by molar-refractivity contribution is -0.118. The minimum Gasteiger partial charge on any atom is -0.398 e. The molecule has 1 aromatic carbocycles. The van der Waals surface area contributed by atoms with Gasteiger partial charge in [-0.25, -0.2) is 8.42 Å². The number of hydrogen-bond donors (Lipinski definition) is 2. The molecule has 0 atom stereocenters. The van der Waals surface area contributed by atoms with Gasteiger partial charge >= 0.3 is 0 Å². The molecule has 17 heavy (non-hydrogen) atoms.